The summed E-state index contributed by atoms with van der Waals surface area (Å²) < 4.78 is 14.1. The Labute approximate surface area is 123 Å². The zero-order valence-electron chi connectivity index (χ0n) is 8.03. The number of alkyl halides is 1. The van der Waals surface area contributed by atoms with Gasteiger partial charge in [0, 0.05) is 18.5 Å². The number of rotatable bonds is 2. The van der Waals surface area contributed by atoms with Gasteiger partial charge in [-0.15, -0.1) is 0 Å². The second kappa shape index (κ2) is 4.40. The number of carbonyl (C=O) groups excluding carboxylic acids is 1. The molecule has 0 unspecified atom stereocenters. The van der Waals surface area contributed by atoms with Gasteiger partial charge >= 0.3 is 51.4 Å². The van der Waals surface area contributed by atoms with Crippen LogP contribution in [0.4, 0.5) is 4.39 Å². The van der Waals surface area contributed by atoms with Crippen molar-refractivity contribution in [2.45, 2.75) is 18.5 Å². The Morgan fingerprint density at radius 3 is 2.79 bits per heavy atom. The van der Waals surface area contributed by atoms with Crippen molar-refractivity contribution in [3.63, 3.8) is 0 Å². The normalized spacial score (nSPS) is 24.1. The molecule has 1 aliphatic carbocycles. The van der Waals surface area contributed by atoms with E-state index in [0.717, 1.165) is 0 Å². The van der Waals surface area contributed by atoms with Crippen LogP contribution >= 0.6 is 0 Å². The minimum absolute atomic E-state index is 0. The molecule has 0 saturated heterocycles. The second-order valence-corrected chi connectivity index (χ2v) is 3.21. The van der Waals surface area contributed by atoms with E-state index in [2.05, 4.69) is 5.10 Å². The monoisotopic (exact) mass is 222 g/mol. The van der Waals surface area contributed by atoms with Crippen molar-refractivity contribution in [2.75, 3.05) is 0 Å². The Kier molecular flexibility index (Phi) is 3.87. The molecular formula is C8H8FKN2O2. The molecule has 0 bridgehead atoms. The van der Waals surface area contributed by atoms with E-state index in [1.807, 2.05) is 0 Å². The smallest absolute Gasteiger partial charge is 0.545 e. The van der Waals surface area contributed by atoms with Gasteiger partial charge in [0.15, 0.2) is 0 Å². The summed E-state index contributed by atoms with van der Waals surface area (Å²) in [5.41, 5.74) is 0.445. The van der Waals surface area contributed by atoms with E-state index in [0.29, 0.717) is 12.1 Å². The van der Waals surface area contributed by atoms with Gasteiger partial charge in [-0.1, -0.05) is 0 Å². The van der Waals surface area contributed by atoms with Crippen molar-refractivity contribution in [3.8, 4) is 0 Å². The number of hydrogen-bond donors (Lipinski definition) is 0. The molecule has 0 N–H and O–H groups in total. The Bertz CT molecular complexity index is 366. The van der Waals surface area contributed by atoms with Crippen molar-refractivity contribution >= 4 is 5.97 Å². The van der Waals surface area contributed by atoms with E-state index < -0.39 is 12.1 Å². The fourth-order valence-corrected chi connectivity index (χ4v) is 1.49. The average molecular weight is 222 g/mol. The molecule has 1 saturated carbocycles. The number of carbonyl (C=O) groups is 1. The van der Waals surface area contributed by atoms with E-state index >= 15 is 0 Å². The second-order valence-electron chi connectivity index (χ2n) is 3.21. The van der Waals surface area contributed by atoms with E-state index in [4.69, 9.17) is 0 Å². The molecule has 0 spiro atoms. The fraction of sp³-hybridized carbons (Fsp3) is 0.500. The maximum absolute atomic E-state index is 12.7. The van der Waals surface area contributed by atoms with Gasteiger partial charge in [0.1, 0.15) is 6.17 Å². The molecule has 1 aliphatic rings. The van der Waals surface area contributed by atoms with Crippen LogP contribution in [0, 0.1) is 0 Å². The predicted octanol–water partition coefficient (Wildman–Crippen LogP) is -3.39. The van der Waals surface area contributed by atoms with Crippen LogP contribution in [0.1, 0.15) is 28.4 Å². The summed E-state index contributed by atoms with van der Waals surface area (Å²) in [6.07, 6.45) is 0.670. The quantitative estimate of drug-likeness (QED) is 0.490. The molecule has 1 heterocycles. The first kappa shape index (κ1) is 12.3. The Balaban J connectivity index is 0.000000980. The van der Waals surface area contributed by atoms with Crippen LogP contribution in [-0.4, -0.2) is 21.9 Å². The van der Waals surface area contributed by atoms with Gasteiger partial charge in [-0.2, -0.15) is 5.10 Å². The van der Waals surface area contributed by atoms with Gasteiger partial charge in [-0.05, 0) is 6.42 Å². The summed E-state index contributed by atoms with van der Waals surface area (Å²) in [5.74, 6) is -1.59. The molecule has 1 aromatic rings. The first-order chi connectivity index (χ1) is 6.11. The zero-order chi connectivity index (χ0) is 9.59. The topological polar surface area (TPSA) is 58.0 Å². The number of aryl methyl sites for hydroxylation is 1. The summed E-state index contributed by atoms with van der Waals surface area (Å²) in [6.45, 7) is 0. The first-order valence-corrected chi connectivity index (χ1v) is 3.98. The summed E-state index contributed by atoms with van der Waals surface area (Å²) in [5, 5.41) is 14.3. The third-order valence-corrected chi connectivity index (χ3v) is 2.27. The van der Waals surface area contributed by atoms with Gasteiger partial charge in [0.25, 0.3) is 0 Å². The van der Waals surface area contributed by atoms with Crippen molar-refractivity contribution < 1.29 is 65.7 Å². The number of nitrogens with zero attached hydrogens (tertiary/aromatic N) is 2. The number of carboxylic acid groups (broad SMARTS) is 1. The van der Waals surface area contributed by atoms with E-state index in [9.17, 15) is 14.3 Å². The Morgan fingerprint density at radius 2 is 2.36 bits per heavy atom. The van der Waals surface area contributed by atoms with Crippen molar-refractivity contribution in [3.05, 3.63) is 17.5 Å². The molecule has 0 aliphatic heterocycles. The zero-order valence-corrected chi connectivity index (χ0v) is 11.2. The molecule has 1 aromatic heterocycles. The third-order valence-electron chi connectivity index (χ3n) is 2.27. The molecule has 0 radical (unpaired) electrons. The Morgan fingerprint density at radius 1 is 1.79 bits per heavy atom. The van der Waals surface area contributed by atoms with Crippen LogP contribution in [-0.2, 0) is 7.05 Å². The van der Waals surface area contributed by atoms with Crippen LogP contribution in [0.5, 0.6) is 0 Å². The maximum Gasteiger partial charge on any atom is 1.00 e. The number of aromatic nitrogens is 2. The van der Waals surface area contributed by atoms with Crippen molar-refractivity contribution in [1.82, 2.24) is 9.78 Å². The largest absolute Gasteiger partial charge is 1.00 e. The average Bonchev–Trinajstić information content (AvgIpc) is 2.60. The van der Waals surface area contributed by atoms with Crippen LogP contribution < -0.4 is 56.5 Å². The summed E-state index contributed by atoms with van der Waals surface area (Å²) in [7, 11) is 1.60. The van der Waals surface area contributed by atoms with Gasteiger partial charge < -0.3 is 9.90 Å². The molecular weight excluding hydrogens is 214 g/mol. The van der Waals surface area contributed by atoms with Gasteiger partial charge in [0.05, 0.1) is 17.9 Å². The van der Waals surface area contributed by atoms with Crippen LogP contribution in [0.2, 0.25) is 0 Å². The summed E-state index contributed by atoms with van der Waals surface area (Å²) in [4.78, 5) is 10.6. The molecule has 4 nitrogen and oxygen atoms in total. The van der Waals surface area contributed by atoms with Gasteiger partial charge in [0.2, 0.25) is 0 Å². The van der Waals surface area contributed by atoms with Gasteiger partial charge in [-0.25, -0.2) is 4.39 Å². The fourth-order valence-electron chi connectivity index (χ4n) is 1.49. The summed E-state index contributed by atoms with van der Waals surface area (Å²) >= 11 is 0. The van der Waals surface area contributed by atoms with E-state index in [1.165, 1.54) is 10.9 Å². The molecule has 6 heteroatoms. The van der Waals surface area contributed by atoms with Crippen molar-refractivity contribution in [1.29, 1.82) is 0 Å². The Hall–Kier alpha value is 0.246. The summed E-state index contributed by atoms with van der Waals surface area (Å²) in [6, 6.07) is 0. The molecule has 70 valence electrons. The third kappa shape index (κ3) is 2.09. The number of carboxylic acids is 1. The van der Waals surface area contributed by atoms with Gasteiger partial charge in [-0.3, -0.25) is 4.68 Å². The number of hydrogen-bond acceptors (Lipinski definition) is 3. The standard InChI is InChI=1S/C8H9FN2O2.K/c1-11-7(4-2-6(4)9)5(3-10-11)8(12)13;/h3-4,6H,2H2,1H3,(H,12,13);/q;+1/p-1/t4-,6-;/m1./s1. The minimum atomic E-state index is -1.29. The van der Waals surface area contributed by atoms with Crippen LogP contribution in [0.3, 0.4) is 0 Å². The van der Waals surface area contributed by atoms with Crippen molar-refractivity contribution in [2.24, 2.45) is 7.05 Å². The molecule has 2 rings (SSSR count). The first-order valence-electron chi connectivity index (χ1n) is 3.98. The molecule has 2 atom stereocenters. The van der Waals surface area contributed by atoms with E-state index in [1.54, 1.807) is 7.05 Å². The molecule has 0 amide bonds. The van der Waals surface area contributed by atoms with E-state index in [-0.39, 0.29) is 62.9 Å². The molecule has 14 heavy (non-hydrogen) atoms. The molecule has 1 fully saturated rings. The molecule has 0 aromatic carbocycles. The van der Waals surface area contributed by atoms with Crippen LogP contribution in [0.15, 0.2) is 6.20 Å². The minimum Gasteiger partial charge on any atom is -0.545 e. The maximum atomic E-state index is 12.7. The predicted molar refractivity (Wildman–Crippen MR) is 39.8 cm³/mol. The number of halogens is 1. The number of aromatic carboxylic acids is 1. The SMILES string of the molecule is Cn1ncc(C(=O)[O-])c1[C@@H]1C[C@H]1F.[K+]. The van der Waals surface area contributed by atoms with Crippen LogP contribution in [0.25, 0.3) is 0 Å².